The number of hydrogen-bond donors (Lipinski definition) is 2. The monoisotopic (exact) mass is 342 g/mol. The van der Waals surface area contributed by atoms with Crippen LogP contribution in [0.15, 0.2) is 15.6 Å². The van der Waals surface area contributed by atoms with Crippen molar-refractivity contribution in [2.75, 3.05) is 12.4 Å². The summed E-state index contributed by atoms with van der Waals surface area (Å²) in [5, 5.41) is 14.3. The van der Waals surface area contributed by atoms with E-state index in [1.165, 1.54) is 23.1 Å². The summed E-state index contributed by atoms with van der Waals surface area (Å²) in [5.74, 6) is 0.0399. The summed E-state index contributed by atoms with van der Waals surface area (Å²) in [6.45, 7) is 5.84. The van der Waals surface area contributed by atoms with Gasteiger partial charge >= 0.3 is 12.0 Å². The Bertz CT molecular complexity index is 600. The minimum Gasteiger partial charge on any atom is -0.463 e. The molecule has 9 heteroatoms. The Kier molecular flexibility index (Phi) is 5.78. The highest BCUT2D eigenvalue weighted by Gasteiger charge is 2.31. The molecule has 7 nitrogen and oxygen atoms in total. The summed E-state index contributed by atoms with van der Waals surface area (Å²) in [6, 6.07) is -0.636. The van der Waals surface area contributed by atoms with Gasteiger partial charge in [0, 0.05) is 11.4 Å². The lowest BCUT2D eigenvalue weighted by atomic mass is 10.0. The van der Waals surface area contributed by atoms with E-state index in [0.717, 1.165) is 9.35 Å². The first-order valence-corrected chi connectivity index (χ1v) is 8.75. The Morgan fingerprint density at radius 3 is 2.77 bits per heavy atom. The Labute approximate surface area is 136 Å². The number of carbonyl (C=O) groups is 2. The van der Waals surface area contributed by atoms with Crippen LogP contribution >= 0.6 is 23.1 Å². The summed E-state index contributed by atoms with van der Waals surface area (Å²) in [7, 11) is 0. The molecule has 120 valence electrons. The van der Waals surface area contributed by atoms with E-state index in [0.29, 0.717) is 30.1 Å². The number of aromatic nitrogens is 2. The van der Waals surface area contributed by atoms with Crippen LogP contribution in [0.25, 0.3) is 0 Å². The third-order valence-electron chi connectivity index (χ3n) is 2.99. The fourth-order valence-electron chi connectivity index (χ4n) is 2.05. The molecule has 2 rings (SSSR count). The summed E-state index contributed by atoms with van der Waals surface area (Å²) in [5.41, 5.74) is 1.06. The maximum Gasteiger partial charge on any atom is 0.337 e. The van der Waals surface area contributed by atoms with Crippen molar-refractivity contribution >= 4 is 35.1 Å². The van der Waals surface area contributed by atoms with Crippen molar-refractivity contribution < 1.29 is 14.3 Å². The molecular weight excluding hydrogens is 324 g/mol. The molecule has 0 fully saturated rings. The first-order chi connectivity index (χ1) is 10.5. The summed E-state index contributed by atoms with van der Waals surface area (Å²) < 4.78 is 5.91. The van der Waals surface area contributed by atoms with E-state index in [-0.39, 0.29) is 12.1 Å². The molecule has 1 aromatic heterocycles. The number of thioether (sulfide) groups is 1. The third kappa shape index (κ3) is 3.98. The van der Waals surface area contributed by atoms with Crippen LogP contribution in [0.1, 0.15) is 25.3 Å². The van der Waals surface area contributed by atoms with Gasteiger partial charge in [0.05, 0.1) is 18.2 Å². The molecule has 22 heavy (non-hydrogen) atoms. The lowest BCUT2D eigenvalue weighted by Crippen LogP contribution is -2.50. The number of ether oxygens (including phenoxy) is 1. The minimum atomic E-state index is -0.397. The Morgan fingerprint density at radius 2 is 2.18 bits per heavy atom. The van der Waals surface area contributed by atoms with Crippen molar-refractivity contribution in [3.05, 3.63) is 16.3 Å². The Morgan fingerprint density at radius 1 is 1.41 bits per heavy atom. The highest BCUT2D eigenvalue weighted by Crippen LogP contribution is 2.26. The molecule has 2 heterocycles. The van der Waals surface area contributed by atoms with Gasteiger partial charge < -0.3 is 15.4 Å². The summed E-state index contributed by atoms with van der Waals surface area (Å²) in [6.07, 6.45) is 0.619. The van der Waals surface area contributed by atoms with Crippen molar-refractivity contribution in [1.29, 1.82) is 0 Å². The minimum absolute atomic E-state index is 0.294. The number of aryl methyl sites for hydroxylation is 1. The molecule has 1 aliphatic rings. The van der Waals surface area contributed by atoms with Crippen molar-refractivity contribution in [3.8, 4) is 0 Å². The largest absolute Gasteiger partial charge is 0.463 e. The third-order valence-corrected chi connectivity index (χ3v) is 4.99. The quantitative estimate of drug-likeness (QED) is 0.605. The predicted molar refractivity (Wildman–Crippen MR) is 84.8 cm³/mol. The number of esters is 1. The van der Waals surface area contributed by atoms with Gasteiger partial charge in [-0.2, -0.15) is 0 Å². The van der Waals surface area contributed by atoms with E-state index < -0.39 is 5.97 Å². The molecule has 2 N–H and O–H groups in total. The highest BCUT2D eigenvalue weighted by atomic mass is 32.2. The highest BCUT2D eigenvalue weighted by molar-refractivity contribution is 8.01. The lowest BCUT2D eigenvalue weighted by molar-refractivity contribution is -0.139. The first-order valence-electron chi connectivity index (χ1n) is 6.95. The van der Waals surface area contributed by atoms with Crippen molar-refractivity contribution in [1.82, 2.24) is 20.8 Å². The molecule has 1 aromatic rings. The zero-order valence-corrected chi connectivity index (χ0v) is 14.3. The van der Waals surface area contributed by atoms with Gasteiger partial charge in [-0.3, -0.25) is 0 Å². The van der Waals surface area contributed by atoms with Gasteiger partial charge in [-0.25, -0.2) is 9.59 Å². The fraction of sp³-hybridized carbons (Fsp3) is 0.538. The van der Waals surface area contributed by atoms with Crippen LogP contribution < -0.4 is 10.6 Å². The average Bonchev–Trinajstić information content (AvgIpc) is 2.90. The SMILES string of the molecule is CCOC(=O)C1=C(CSc2nnc(C)s2)NC(=O)NC1CC. The number of carbonyl (C=O) groups excluding carboxylic acids is 2. The number of hydrogen-bond acceptors (Lipinski definition) is 7. The molecule has 0 spiro atoms. The molecule has 0 saturated carbocycles. The van der Waals surface area contributed by atoms with E-state index in [1.807, 2.05) is 13.8 Å². The van der Waals surface area contributed by atoms with Gasteiger partial charge in [-0.05, 0) is 20.3 Å². The zero-order valence-electron chi connectivity index (χ0n) is 12.6. The molecule has 1 aliphatic heterocycles. The second-order valence-corrected chi connectivity index (χ2v) is 6.95. The van der Waals surface area contributed by atoms with Crippen LogP contribution in [0, 0.1) is 6.92 Å². The van der Waals surface area contributed by atoms with Crippen LogP contribution in [0.3, 0.4) is 0 Å². The topological polar surface area (TPSA) is 93.2 Å². The number of nitrogens with zero attached hydrogens (tertiary/aromatic N) is 2. The molecule has 0 aliphatic carbocycles. The fourth-order valence-corrected chi connectivity index (χ4v) is 3.83. The van der Waals surface area contributed by atoms with E-state index in [9.17, 15) is 9.59 Å². The van der Waals surface area contributed by atoms with Crippen molar-refractivity contribution in [2.24, 2.45) is 0 Å². The van der Waals surface area contributed by atoms with Crippen molar-refractivity contribution in [2.45, 2.75) is 37.6 Å². The Hall–Kier alpha value is -1.61. The van der Waals surface area contributed by atoms with Crippen molar-refractivity contribution in [3.63, 3.8) is 0 Å². The smallest absolute Gasteiger partial charge is 0.337 e. The standard InChI is InChI=1S/C13H18N4O3S2/c1-4-8-10(11(18)20-5-2)9(15-12(19)14-8)6-21-13-17-16-7(3)22-13/h8H,4-6H2,1-3H3,(H2,14,15,19). The second kappa shape index (κ2) is 7.59. The summed E-state index contributed by atoms with van der Waals surface area (Å²) >= 11 is 2.92. The van der Waals surface area contributed by atoms with Gasteiger partial charge in [-0.15, -0.1) is 10.2 Å². The molecule has 1 unspecified atom stereocenters. The normalized spacial score (nSPS) is 18.0. The molecule has 0 aromatic carbocycles. The van der Waals surface area contributed by atoms with Gasteiger partial charge in [0.1, 0.15) is 5.01 Å². The average molecular weight is 342 g/mol. The lowest BCUT2D eigenvalue weighted by Gasteiger charge is -2.28. The summed E-state index contributed by atoms with van der Waals surface area (Å²) in [4.78, 5) is 23.9. The van der Waals surface area contributed by atoms with Crippen LogP contribution in [-0.2, 0) is 9.53 Å². The molecule has 0 bridgehead atoms. The molecule has 2 amide bonds. The number of nitrogens with one attached hydrogen (secondary N) is 2. The van der Waals surface area contributed by atoms with Crippen LogP contribution in [0.2, 0.25) is 0 Å². The van der Waals surface area contributed by atoms with E-state index in [2.05, 4.69) is 20.8 Å². The maximum atomic E-state index is 12.2. The second-order valence-electron chi connectivity index (χ2n) is 4.55. The van der Waals surface area contributed by atoms with E-state index >= 15 is 0 Å². The molecule has 0 radical (unpaired) electrons. The van der Waals surface area contributed by atoms with Crippen LogP contribution in [0.5, 0.6) is 0 Å². The first kappa shape index (κ1) is 16.8. The van der Waals surface area contributed by atoms with Gasteiger partial charge in [0.25, 0.3) is 0 Å². The van der Waals surface area contributed by atoms with Gasteiger partial charge in [0.2, 0.25) is 0 Å². The maximum absolute atomic E-state index is 12.2. The molecule has 0 saturated heterocycles. The van der Waals surface area contributed by atoms with Crippen LogP contribution in [0.4, 0.5) is 4.79 Å². The number of urea groups is 1. The van der Waals surface area contributed by atoms with E-state index in [1.54, 1.807) is 6.92 Å². The predicted octanol–water partition coefficient (Wildman–Crippen LogP) is 1.85. The van der Waals surface area contributed by atoms with Crippen LogP contribution in [-0.4, -0.2) is 40.6 Å². The zero-order chi connectivity index (χ0) is 16.1. The number of rotatable bonds is 6. The van der Waals surface area contributed by atoms with Gasteiger partial charge in [-0.1, -0.05) is 30.0 Å². The molecule has 1 atom stereocenters. The van der Waals surface area contributed by atoms with Gasteiger partial charge in [0.15, 0.2) is 4.34 Å². The Balaban J connectivity index is 2.22. The molecular formula is C13H18N4O3S2. The van der Waals surface area contributed by atoms with E-state index in [4.69, 9.17) is 4.74 Å². The number of amides is 2.